The fourth-order valence-electron chi connectivity index (χ4n) is 2.75. The molecule has 0 aromatic carbocycles. The SMILES string of the molecule is C=P(O)(OCP(=O)(O)O)OC1C[C@]12OC1(CC1)[C@H](O)[C@@H]2O. The van der Waals surface area contributed by atoms with Gasteiger partial charge in [0, 0.05) is 6.42 Å². The van der Waals surface area contributed by atoms with Crippen LogP contribution in [0.5, 0.6) is 0 Å². The Labute approximate surface area is 120 Å². The third kappa shape index (κ3) is 2.88. The molecule has 9 nitrogen and oxygen atoms in total. The van der Waals surface area contributed by atoms with E-state index in [1.807, 2.05) is 0 Å². The minimum atomic E-state index is -4.45. The molecule has 0 amide bonds. The van der Waals surface area contributed by atoms with Crippen molar-refractivity contribution in [2.75, 3.05) is 6.35 Å². The van der Waals surface area contributed by atoms with Crippen LogP contribution in [-0.4, -0.2) is 67.1 Å². The normalized spacial score (nSPS) is 43.2. The zero-order valence-corrected chi connectivity index (χ0v) is 12.8. The predicted octanol–water partition coefficient (Wildman–Crippen LogP) is -0.863. The molecule has 3 rings (SSSR count). The zero-order valence-electron chi connectivity index (χ0n) is 11.0. The zero-order chi connectivity index (χ0) is 15.7. The molecule has 5 N–H and O–H groups in total. The van der Waals surface area contributed by atoms with Crippen LogP contribution in [0.4, 0.5) is 0 Å². The van der Waals surface area contributed by atoms with E-state index in [1.165, 1.54) is 0 Å². The summed E-state index contributed by atoms with van der Waals surface area (Å²) in [6.45, 7) is 0. The standard InChI is InChI=1S/C10H18O9P2/c1-20(13,17-5-21(14,15)16)18-6-4-10(6)8(12)7(11)9(19-10)2-3-9/h6-8,11-13H,1-5H2,(H2,14,15,16)/t6?,7-,8+,10+,20?/m1/s1. The molecule has 0 bridgehead atoms. The van der Waals surface area contributed by atoms with Crippen molar-refractivity contribution < 1.29 is 43.2 Å². The lowest BCUT2D eigenvalue weighted by Gasteiger charge is -2.21. The first-order valence-electron chi connectivity index (χ1n) is 6.40. The lowest BCUT2D eigenvalue weighted by molar-refractivity contribution is -0.0454. The summed E-state index contributed by atoms with van der Waals surface area (Å²) in [5.41, 5.74) is -1.81. The molecule has 3 fully saturated rings. The Morgan fingerprint density at radius 3 is 2.33 bits per heavy atom. The monoisotopic (exact) mass is 344 g/mol. The molecule has 11 heteroatoms. The summed E-state index contributed by atoms with van der Waals surface area (Å²) in [7, 11) is -8.14. The quantitative estimate of drug-likeness (QED) is 0.402. The highest BCUT2D eigenvalue weighted by atomic mass is 31.2. The highest BCUT2D eigenvalue weighted by Crippen LogP contribution is 2.65. The maximum absolute atomic E-state index is 10.7. The summed E-state index contributed by atoms with van der Waals surface area (Å²) >= 11 is 0. The first-order valence-corrected chi connectivity index (χ1v) is 9.96. The van der Waals surface area contributed by atoms with E-state index in [1.54, 1.807) is 0 Å². The van der Waals surface area contributed by atoms with Gasteiger partial charge in [-0.25, -0.2) is 0 Å². The average Bonchev–Trinajstić information content (AvgIpc) is 3.23. The Kier molecular flexibility index (Phi) is 3.53. The molecule has 2 aliphatic carbocycles. The maximum atomic E-state index is 10.7. The van der Waals surface area contributed by atoms with Gasteiger partial charge in [0.2, 0.25) is 7.57 Å². The van der Waals surface area contributed by atoms with Gasteiger partial charge in [0.15, 0.2) is 6.35 Å². The van der Waals surface area contributed by atoms with Crippen LogP contribution in [0.15, 0.2) is 0 Å². The van der Waals surface area contributed by atoms with Gasteiger partial charge in [-0.2, -0.15) is 0 Å². The minimum absolute atomic E-state index is 0.254. The van der Waals surface area contributed by atoms with Gasteiger partial charge in [-0.15, -0.1) is 0 Å². The van der Waals surface area contributed by atoms with Crippen LogP contribution in [0.25, 0.3) is 0 Å². The molecular weight excluding hydrogens is 326 g/mol. The van der Waals surface area contributed by atoms with Crippen molar-refractivity contribution in [1.82, 2.24) is 0 Å². The van der Waals surface area contributed by atoms with Crippen molar-refractivity contribution >= 4 is 21.5 Å². The molecule has 2 spiro atoms. The first-order chi connectivity index (χ1) is 9.50. The van der Waals surface area contributed by atoms with Crippen LogP contribution in [-0.2, 0) is 18.3 Å². The predicted molar refractivity (Wildman–Crippen MR) is 71.5 cm³/mol. The summed E-state index contributed by atoms with van der Waals surface area (Å²) in [6, 6.07) is 0. The molecule has 1 aliphatic heterocycles. The smallest absolute Gasteiger partial charge is 0.351 e. The number of ether oxygens (including phenoxy) is 1. The van der Waals surface area contributed by atoms with Gasteiger partial charge in [-0.3, -0.25) is 4.57 Å². The van der Waals surface area contributed by atoms with Crippen molar-refractivity contribution in [2.24, 2.45) is 0 Å². The molecule has 0 radical (unpaired) electrons. The average molecular weight is 344 g/mol. The Morgan fingerprint density at radius 1 is 1.24 bits per heavy atom. The topological polar surface area (TPSA) is 146 Å². The molecule has 3 aliphatic rings. The molecular formula is C10H18O9P2. The molecule has 2 saturated carbocycles. The maximum Gasteiger partial charge on any atom is 0.351 e. The largest absolute Gasteiger partial charge is 0.387 e. The van der Waals surface area contributed by atoms with Gasteiger partial charge in [-0.1, -0.05) is 0 Å². The van der Waals surface area contributed by atoms with E-state index in [9.17, 15) is 19.7 Å². The first kappa shape index (κ1) is 16.1. The van der Waals surface area contributed by atoms with Gasteiger partial charge >= 0.3 is 7.60 Å². The second kappa shape index (κ2) is 4.61. The fourth-order valence-corrected chi connectivity index (χ4v) is 4.78. The van der Waals surface area contributed by atoms with Crippen LogP contribution in [0.2, 0.25) is 0 Å². The summed E-state index contributed by atoms with van der Waals surface area (Å²) in [4.78, 5) is 27.2. The second-order valence-electron chi connectivity index (χ2n) is 5.87. The summed E-state index contributed by atoms with van der Waals surface area (Å²) in [5, 5.41) is 20.0. The number of aliphatic hydroxyl groups excluding tert-OH is 2. The summed E-state index contributed by atoms with van der Waals surface area (Å²) in [5.74, 6) is 0. The van der Waals surface area contributed by atoms with Crippen molar-refractivity contribution in [3.05, 3.63) is 0 Å². The molecule has 122 valence electrons. The number of aliphatic hydroxyl groups is 2. The molecule has 1 heterocycles. The minimum Gasteiger partial charge on any atom is -0.387 e. The lowest BCUT2D eigenvalue weighted by Crippen LogP contribution is -2.36. The van der Waals surface area contributed by atoms with Crippen molar-refractivity contribution in [3.8, 4) is 0 Å². The number of rotatable bonds is 5. The molecule has 2 unspecified atom stereocenters. The molecule has 0 aromatic rings. The van der Waals surface area contributed by atoms with Crippen LogP contribution < -0.4 is 0 Å². The number of hydrogen-bond donors (Lipinski definition) is 5. The molecule has 0 aromatic heterocycles. The summed E-state index contributed by atoms with van der Waals surface area (Å²) in [6.07, 6.45) is 0.974. The van der Waals surface area contributed by atoms with Crippen LogP contribution >= 0.6 is 15.2 Å². The van der Waals surface area contributed by atoms with Gasteiger partial charge in [0.05, 0.1) is 5.60 Å². The highest BCUT2D eigenvalue weighted by molar-refractivity contribution is 7.59. The van der Waals surface area contributed by atoms with Gasteiger partial charge < -0.3 is 38.7 Å². The summed E-state index contributed by atoms with van der Waals surface area (Å²) < 4.78 is 26.3. The van der Waals surface area contributed by atoms with Crippen LogP contribution in [0.3, 0.4) is 0 Å². The third-order valence-corrected chi connectivity index (χ3v) is 5.87. The fraction of sp³-hybridized carbons (Fsp3) is 0.900. The molecule has 1 saturated heterocycles. The Bertz CT molecular complexity index is 541. The van der Waals surface area contributed by atoms with E-state index in [2.05, 4.69) is 10.8 Å². The Balaban J connectivity index is 1.61. The third-order valence-electron chi connectivity index (χ3n) is 4.08. The lowest BCUT2D eigenvalue weighted by atomic mass is 10.1. The second-order valence-corrected chi connectivity index (χ2v) is 9.20. The van der Waals surface area contributed by atoms with Crippen molar-refractivity contribution in [1.29, 1.82) is 0 Å². The Morgan fingerprint density at radius 2 is 1.86 bits per heavy atom. The van der Waals surface area contributed by atoms with E-state index >= 15 is 0 Å². The van der Waals surface area contributed by atoms with Crippen molar-refractivity contribution in [3.63, 3.8) is 0 Å². The van der Waals surface area contributed by atoms with E-state index in [0.717, 1.165) is 0 Å². The van der Waals surface area contributed by atoms with Gasteiger partial charge in [0.25, 0.3) is 0 Å². The van der Waals surface area contributed by atoms with E-state index in [0.29, 0.717) is 12.8 Å². The molecule has 5 atom stereocenters. The van der Waals surface area contributed by atoms with Crippen LogP contribution in [0.1, 0.15) is 19.3 Å². The Hall–Kier alpha value is 0.210. The number of hydrogen-bond acceptors (Lipinski definition) is 7. The van der Waals surface area contributed by atoms with Crippen LogP contribution in [0, 0.1) is 0 Å². The van der Waals surface area contributed by atoms with Gasteiger partial charge in [-0.05, 0) is 19.1 Å². The van der Waals surface area contributed by atoms with Crippen molar-refractivity contribution in [2.45, 2.75) is 48.8 Å². The van der Waals surface area contributed by atoms with E-state index in [-0.39, 0.29) is 6.42 Å². The van der Waals surface area contributed by atoms with Gasteiger partial charge in [0.1, 0.15) is 23.9 Å². The molecule has 21 heavy (non-hydrogen) atoms. The van der Waals surface area contributed by atoms with E-state index < -0.39 is 51.0 Å². The highest BCUT2D eigenvalue weighted by Gasteiger charge is 2.77. The van der Waals surface area contributed by atoms with E-state index in [4.69, 9.17) is 19.0 Å².